The van der Waals surface area contributed by atoms with Crippen molar-refractivity contribution in [2.75, 3.05) is 0 Å². The Kier molecular flexibility index (Phi) is 3.13. The Morgan fingerprint density at radius 3 is 2.31 bits per heavy atom. The fraction of sp³-hybridized carbons (Fsp3) is 0.333. The molecule has 1 aliphatic heterocycles. The van der Waals surface area contributed by atoms with E-state index in [0.717, 1.165) is 4.91 Å². The molecule has 1 aromatic carbocycles. The van der Waals surface area contributed by atoms with E-state index in [2.05, 4.69) is 0 Å². The molecule has 1 unspecified atom stereocenters. The zero-order valence-corrected chi connectivity index (χ0v) is 10.9. The third-order valence-electron chi connectivity index (χ3n) is 2.59. The molecule has 0 radical (unpaired) electrons. The highest BCUT2D eigenvalue weighted by molar-refractivity contribution is 8.12. The van der Waals surface area contributed by atoms with Crippen LogP contribution >= 0.6 is 11.8 Å². The summed E-state index contributed by atoms with van der Waals surface area (Å²) in [5.74, 6) is 0. The van der Waals surface area contributed by atoms with Crippen LogP contribution in [0.5, 0.6) is 0 Å². The zero-order valence-electron chi connectivity index (χ0n) is 9.30. The van der Waals surface area contributed by atoms with Crippen LogP contribution in [-0.4, -0.2) is 13.7 Å². The van der Waals surface area contributed by atoms with Gasteiger partial charge in [-0.15, -0.1) is 11.8 Å². The Balaban J connectivity index is 2.48. The van der Waals surface area contributed by atoms with Crippen molar-refractivity contribution in [1.29, 1.82) is 0 Å². The van der Waals surface area contributed by atoms with E-state index in [4.69, 9.17) is 0 Å². The number of hydrogen-bond donors (Lipinski definition) is 0. The van der Waals surface area contributed by atoms with Crippen molar-refractivity contribution in [2.45, 2.75) is 30.4 Å². The quantitative estimate of drug-likeness (QED) is 0.777. The van der Waals surface area contributed by atoms with Gasteiger partial charge in [0, 0.05) is 10.2 Å². The monoisotopic (exact) mass is 254 g/mol. The van der Waals surface area contributed by atoms with Crippen molar-refractivity contribution >= 4 is 21.6 Å². The first-order chi connectivity index (χ1) is 7.57. The van der Waals surface area contributed by atoms with Gasteiger partial charge in [-0.25, -0.2) is 8.42 Å². The lowest BCUT2D eigenvalue weighted by molar-refractivity contribution is 0.600. The van der Waals surface area contributed by atoms with Crippen LogP contribution in [-0.2, 0) is 9.84 Å². The van der Waals surface area contributed by atoms with Crippen molar-refractivity contribution in [3.63, 3.8) is 0 Å². The Morgan fingerprint density at radius 2 is 1.88 bits per heavy atom. The summed E-state index contributed by atoms with van der Waals surface area (Å²) in [5, 5.41) is 0.369. The lowest BCUT2D eigenvalue weighted by atomic mass is 10.3. The minimum absolute atomic E-state index is 0.369. The zero-order chi connectivity index (χ0) is 11.8. The molecule has 0 spiro atoms. The predicted octanol–water partition coefficient (Wildman–Crippen LogP) is 3.22. The van der Waals surface area contributed by atoms with E-state index < -0.39 is 9.84 Å². The molecule has 0 N–H and O–H groups in total. The molecule has 16 heavy (non-hydrogen) atoms. The summed E-state index contributed by atoms with van der Waals surface area (Å²) in [5.41, 5.74) is 0. The van der Waals surface area contributed by atoms with Crippen LogP contribution in [0.3, 0.4) is 0 Å². The van der Waals surface area contributed by atoms with Gasteiger partial charge in [-0.3, -0.25) is 0 Å². The second kappa shape index (κ2) is 4.26. The lowest BCUT2D eigenvalue weighted by Crippen LogP contribution is -2.04. The SMILES string of the molecule is CCC(=C1SC1C)S(=O)(=O)c1ccccc1. The van der Waals surface area contributed by atoms with Crippen LogP contribution < -0.4 is 0 Å². The van der Waals surface area contributed by atoms with Gasteiger partial charge in [-0.2, -0.15) is 0 Å². The number of allylic oxidation sites excluding steroid dienone is 1. The molecule has 1 aromatic rings. The summed E-state index contributed by atoms with van der Waals surface area (Å²) in [6.07, 6.45) is 0.573. The maximum Gasteiger partial charge on any atom is 0.203 e. The topological polar surface area (TPSA) is 34.1 Å². The largest absolute Gasteiger partial charge is 0.219 e. The lowest BCUT2D eigenvalue weighted by Gasteiger charge is -2.06. The maximum atomic E-state index is 12.3. The van der Waals surface area contributed by atoms with Gasteiger partial charge in [0.15, 0.2) is 0 Å². The van der Waals surface area contributed by atoms with Crippen LogP contribution in [0, 0.1) is 0 Å². The normalized spacial score (nSPS) is 23.0. The molecule has 2 rings (SSSR count). The molecular weight excluding hydrogens is 240 g/mol. The smallest absolute Gasteiger partial charge is 0.203 e. The molecule has 1 heterocycles. The molecule has 0 bridgehead atoms. The Bertz CT molecular complexity index is 515. The van der Waals surface area contributed by atoms with Gasteiger partial charge < -0.3 is 0 Å². The summed E-state index contributed by atoms with van der Waals surface area (Å²) in [6.45, 7) is 3.94. The Hall–Kier alpha value is -0.740. The second-order valence-electron chi connectivity index (χ2n) is 3.72. The third-order valence-corrected chi connectivity index (χ3v) is 5.96. The van der Waals surface area contributed by atoms with Crippen molar-refractivity contribution in [2.24, 2.45) is 0 Å². The van der Waals surface area contributed by atoms with Crippen LogP contribution in [0.25, 0.3) is 0 Å². The van der Waals surface area contributed by atoms with E-state index in [1.165, 1.54) is 0 Å². The minimum Gasteiger partial charge on any atom is -0.219 e. The van der Waals surface area contributed by atoms with E-state index in [1.54, 1.807) is 36.0 Å². The average molecular weight is 254 g/mol. The van der Waals surface area contributed by atoms with Crippen LogP contribution in [0.4, 0.5) is 0 Å². The Labute approximate surface area is 101 Å². The first kappa shape index (κ1) is 11.7. The van der Waals surface area contributed by atoms with Gasteiger partial charge in [0.2, 0.25) is 9.84 Å². The number of hydrogen-bond acceptors (Lipinski definition) is 3. The standard InChI is InChI=1S/C12H14O2S2/c1-3-11(12-9(2)15-12)16(13,14)10-7-5-4-6-8-10/h4-9H,3H2,1-2H3. The first-order valence-electron chi connectivity index (χ1n) is 5.27. The average Bonchev–Trinajstić information content (AvgIpc) is 2.97. The predicted molar refractivity (Wildman–Crippen MR) is 68.0 cm³/mol. The molecule has 0 saturated carbocycles. The summed E-state index contributed by atoms with van der Waals surface area (Å²) in [6, 6.07) is 8.65. The minimum atomic E-state index is -3.26. The van der Waals surface area contributed by atoms with Crippen molar-refractivity contribution in [3.8, 4) is 0 Å². The summed E-state index contributed by atoms with van der Waals surface area (Å²) < 4.78 is 24.6. The highest BCUT2D eigenvalue weighted by atomic mass is 32.2. The third kappa shape index (κ3) is 2.04. The second-order valence-corrected chi connectivity index (χ2v) is 7.07. The van der Waals surface area contributed by atoms with Crippen LogP contribution in [0.15, 0.2) is 45.0 Å². The van der Waals surface area contributed by atoms with Crippen molar-refractivity contribution in [1.82, 2.24) is 0 Å². The van der Waals surface area contributed by atoms with Crippen molar-refractivity contribution in [3.05, 3.63) is 40.1 Å². The molecule has 2 nitrogen and oxygen atoms in total. The van der Waals surface area contributed by atoms with Gasteiger partial charge in [0.05, 0.1) is 9.80 Å². The van der Waals surface area contributed by atoms with E-state index in [0.29, 0.717) is 21.5 Å². The molecule has 86 valence electrons. The molecule has 0 aliphatic carbocycles. The number of benzene rings is 1. The van der Waals surface area contributed by atoms with Crippen LogP contribution in [0.1, 0.15) is 20.3 Å². The summed E-state index contributed by atoms with van der Waals surface area (Å²) in [7, 11) is -3.26. The maximum absolute atomic E-state index is 12.3. The fourth-order valence-corrected chi connectivity index (χ4v) is 4.59. The highest BCUT2D eigenvalue weighted by Gasteiger charge is 2.34. The van der Waals surface area contributed by atoms with E-state index in [-0.39, 0.29) is 0 Å². The Morgan fingerprint density at radius 1 is 1.31 bits per heavy atom. The number of rotatable bonds is 3. The van der Waals surface area contributed by atoms with Gasteiger partial charge in [0.25, 0.3) is 0 Å². The molecule has 1 atom stereocenters. The molecule has 0 aromatic heterocycles. The first-order valence-corrected chi connectivity index (χ1v) is 7.63. The van der Waals surface area contributed by atoms with Crippen LogP contribution in [0.2, 0.25) is 0 Å². The molecule has 4 heteroatoms. The van der Waals surface area contributed by atoms with E-state index >= 15 is 0 Å². The molecule has 0 amide bonds. The van der Waals surface area contributed by atoms with Gasteiger partial charge in [0.1, 0.15) is 0 Å². The van der Waals surface area contributed by atoms with Gasteiger partial charge in [-0.05, 0) is 25.5 Å². The van der Waals surface area contributed by atoms with Gasteiger partial charge >= 0.3 is 0 Å². The number of thioether (sulfide) groups is 1. The van der Waals surface area contributed by atoms with Gasteiger partial charge in [-0.1, -0.05) is 25.1 Å². The van der Waals surface area contributed by atoms with E-state index in [1.807, 2.05) is 19.9 Å². The summed E-state index contributed by atoms with van der Waals surface area (Å²) in [4.78, 5) is 2.03. The molecule has 1 aliphatic rings. The molecule has 1 fully saturated rings. The highest BCUT2D eigenvalue weighted by Crippen LogP contribution is 2.50. The van der Waals surface area contributed by atoms with Crippen molar-refractivity contribution < 1.29 is 8.42 Å². The number of sulfone groups is 1. The molecular formula is C12H14O2S2. The fourth-order valence-electron chi connectivity index (χ4n) is 1.69. The summed E-state index contributed by atoms with van der Waals surface area (Å²) >= 11 is 1.65. The molecule has 1 saturated heterocycles. The van der Waals surface area contributed by atoms with E-state index in [9.17, 15) is 8.42 Å².